The summed E-state index contributed by atoms with van der Waals surface area (Å²) in [7, 11) is 0. The average Bonchev–Trinajstić information content (AvgIpc) is 2.16. The van der Waals surface area contributed by atoms with Crippen LogP contribution in [0.2, 0.25) is 0 Å². The first-order valence-corrected chi connectivity index (χ1v) is 7.00. The van der Waals surface area contributed by atoms with E-state index in [0.29, 0.717) is 12.1 Å². The van der Waals surface area contributed by atoms with Crippen LogP contribution in [0.15, 0.2) is 0 Å². The van der Waals surface area contributed by atoms with Gasteiger partial charge in [-0.2, -0.15) is 11.8 Å². The second-order valence-corrected chi connectivity index (χ2v) is 5.41. The van der Waals surface area contributed by atoms with Crippen LogP contribution >= 0.6 is 11.8 Å². The Morgan fingerprint density at radius 1 is 1.50 bits per heavy atom. The Balaban J connectivity index is 1.86. The van der Waals surface area contributed by atoms with Crippen molar-refractivity contribution in [3.05, 3.63) is 0 Å². The SMILES string of the molecule is CCNC(C1CCC1)C1CSCCO1. The van der Waals surface area contributed by atoms with Crippen LogP contribution in [0.25, 0.3) is 0 Å². The van der Waals surface area contributed by atoms with E-state index in [-0.39, 0.29) is 0 Å². The smallest absolute Gasteiger partial charge is 0.0821 e. The average molecular weight is 215 g/mol. The van der Waals surface area contributed by atoms with E-state index in [0.717, 1.165) is 19.1 Å². The monoisotopic (exact) mass is 215 g/mol. The molecule has 0 spiro atoms. The first-order valence-electron chi connectivity index (χ1n) is 5.84. The van der Waals surface area contributed by atoms with Crippen LogP contribution in [-0.2, 0) is 4.74 Å². The molecular weight excluding hydrogens is 194 g/mol. The van der Waals surface area contributed by atoms with E-state index in [4.69, 9.17) is 4.74 Å². The fourth-order valence-electron chi connectivity index (χ4n) is 2.35. The maximum Gasteiger partial charge on any atom is 0.0821 e. The molecule has 3 heteroatoms. The largest absolute Gasteiger partial charge is 0.375 e. The molecule has 1 heterocycles. The van der Waals surface area contributed by atoms with Crippen LogP contribution in [0, 0.1) is 5.92 Å². The molecule has 1 N–H and O–H groups in total. The molecule has 2 aliphatic rings. The standard InChI is InChI=1S/C11H21NOS/c1-2-12-11(9-4-3-5-9)10-8-14-7-6-13-10/h9-12H,2-8H2,1H3. The van der Waals surface area contributed by atoms with Gasteiger partial charge in [-0.3, -0.25) is 0 Å². The predicted molar refractivity (Wildman–Crippen MR) is 61.9 cm³/mol. The molecule has 1 saturated carbocycles. The zero-order valence-electron chi connectivity index (χ0n) is 9.00. The van der Waals surface area contributed by atoms with Crippen LogP contribution in [-0.4, -0.2) is 36.8 Å². The summed E-state index contributed by atoms with van der Waals surface area (Å²) < 4.78 is 5.87. The lowest BCUT2D eigenvalue weighted by atomic mass is 9.78. The Morgan fingerprint density at radius 2 is 2.36 bits per heavy atom. The number of rotatable bonds is 4. The molecule has 82 valence electrons. The third-order valence-corrected chi connectivity index (χ3v) is 4.36. The summed E-state index contributed by atoms with van der Waals surface area (Å²) >= 11 is 2.04. The number of ether oxygens (including phenoxy) is 1. The lowest BCUT2D eigenvalue weighted by molar-refractivity contribution is 0.0161. The fraction of sp³-hybridized carbons (Fsp3) is 1.00. The molecule has 0 aromatic rings. The first kappa shape index (κ1) is 10.8. The molecule has 0 amide bonds. The molecule has 1 aliphatic carbocycles. The van der Waals surface area contributed by atoms with Gasteiger partial charge in [0.2, 0.25) is 0 Å². The molecule has 2 atom stereocenters. The van der Waals surface area contributed by atoms with Crippen LogP contribution in [0.3, 0.4) is 0 Å². The van der Waals surface area contributed by atoms with Gasteiger partial charge in [0.05, 0.1) is 12.7 Å². The predicted octanol–water partition coefficient (Wildman–Crippen LogP) is 1.90. The second kappa shape index (κ2) is 5.38. The summed E-state index contributed by atoms with van der Waals surface area (Å²) in [6.45, 7) is 4.22. The molecule has 2 fully saturated rings. The Bertz CT molecular complexity index is 167. The summed E-state index contributed by atoms with van der Waals surface area (Å²) in [4.78, 5) is 0. The van der Waals surface area contributed by atoms with Gasteiger partial charge in [-0.1, -0.05) is 13.3 Å². The van der Waals surface area contributed by atoms with Crippen molar-refractivity contribution in [3.63, 3.8) is 0 Å². The third-order valence-electron chi connectivity index (χ3n) is 3.34. The van der Waals surface area contributed by atoms with Crippen molar-refractivity contribution in [1.29, 1.82) is 0 Å². The summed E-state index contributed by atoms with van der Waals surface area (Å²) in [5.41, 5.74) is 0. The van der Waals surface area contributed by atoms with E-state index < -0.39 is 0 Å². The molecule has 14 heavy (non-hydrogen) atoms. The lowest BCUT2D eigenvalue weighted by Crippen LogP contribution is -2.51. The minimum absolute atomic E-state index is 0.471. The lowest BCUT2D eigenvalue weighted by Gasteiger charge is -2.40. The van der Waals surface area contributed by atoms with Crippen molar-refractivity contribution >= 4 is 11.8 Å². The van der Waals surface area contributed by atoms with Gasteiger partial charge < -0.3 is 10.1 Å². The number of hydrogen-bond acceptors (Lipinski definition) is 3. The van der Waals surface area contributed by atoms with Crippen LogP contribution in [0.5, 0.6) is 0 Å². The highest BCUT2D eigenvalue weighted by Crippen LogP contribution is 2.33. The Labute approximate surface area is 91.2 Å². The minimum atomic E-state index is 0.471. The van der Waals surface area contributed by atoms with Crippen molar-refractivity contribution < 1.29 is 4.74 Å². The van der Waals surface area contributed by atoms with Gasteiger partial charge in [0.1, 0.15) is 0 Å². The highest BCUT2D eigenvalue weighted by Gasteiger charge is 2.34. The Morgan fingerprint density at radius 3 is 2.86 bits per heavy atom. The van der Waals surface area contributed by atoms with Gasteiger partial charge in [0.15, 0.2) is 0 Å². The van der Waals surface area contributed by atoms with E-state index in [9.17, 15) is 0 Å². The molecule has 0 bridgehead atoms. The molecule has 0 radical (unpaired) electrons. The van der Waals surface area contributed by atoms with Crippen LogP contribution in [0.4, 0.5) is 0 Å². The zero-order valence-corrected chi connectivity index (χ0v) is 9.81. The number of likely N-dealkylation sites (N-methyl/N-ethyl adjacent to an activating group) is 1. The summed E-state index contributed by atoms with van der Waals surface area (Å²) in [5, 5.41) is 3.62. The number of thioether (sulfide) groups is 1. The minimum Gasteiger partial charge on any atom is -0.375 e. The van der Waals surface area contributed by atoms with Gasteiger partial charge in [0, 0.05) is 17.5 Å². The Hall–Kier alpha value is 0.270. The van der Waals surface area contributed by atoms with E-state index in [1.165, 1.54) is 30.8 Å². The van der Waals surface area contributed by atoms with Crippen molar-refractivity contribution in [2.75, 3.05) is 24.7 Å². The topological polar surface area (TPSA) is 21.3 Å². The molecule has 0 aromatic carbocycles. The summed E-state index contributed by atoms with van der Waals surface area (Å²) in [6.07, 6.45) is 4.70. The normalized spacial score (nSPS) is 31.1. The van der Waals surface area contributed by atoms with Gasteiger partial charge in [0.25, 0.3) is 0 Å². The Kier molecular flexibility index (Phi) is 4.14. The third kappa shape index (κ3) is 2.44. The van der Waals surface area contributed by atoms with Crippen molar-refractivity contribution in [2.24, 2.45) is 5.92 Å². The highest BCUT2D eigenvalue weighted by atomic mass is 32.2. The molecule has 0 aromatic heterocycles. The maximum atomic E-state index is 5.87. The fourth-order valence-corrected chi connectivity index (χ4v) is 3.27. The molecule has 2 nitrogen and oxygen atoms in total. The molecule has 2 unspecified atom stereocenters. The quantitative estimate of drug-likeness (QED) is 0.774. The second-order valence-electron chi connectivity index (χ2n) is 4.26. The zero-order chi connectivity index (χ0) is 9.80. The highest BCUT2D eigenvalue weighted by molar-refractivity contribution is 7.99. The van der Waals surface area contributed by atoms with Gasteiger partial charge in [-0.15, -0.1) is 0 Å². The van der Waals surface area contributed by atoms with Crippen molar-refractivity contribution in [3.8, 4) is 0 Å². The van der Waals surface area contributed by atoms with Gasteiger partial charge >= 0.3 is 0 Å². The molecular formula is C11H21NOS. The molecule has 1 saturated heterocycles. The van der Waals surface area contributed by atoms with Crippen molar-refractivity contribution in [2.45, 2.75) is 38.3 Å². The molecule has 2 rings (SSSR count). The van der Waals surface area contributed by atoms with Crippen molar-refractivity contribution in [1.82, 2.24) is 5.32 Å². The maximum absolute atomic E-state index is 5.87. The first-order chi connectivity index (χ1) is 6.92. The van der Waals surface area contributed by atoms with Crippen LogP contribution < -0.4 is 5.32 Å². The van der Waals surface area contributed by atoms with E-state index in [1.807, 2.05) is 11.8 Å². The van der Waals surface area contributed by atoms with Gasteiger partial charge in [-0.05, 0) is 25.3 Å². The van der Waals surface area contributed by atoms with Gasteiger partial charge in [-0.25, -0.2) is 0 Å². The summed E-state index contributed by atoms with van der Waals surface area (Å²) in [5.74, 6) is 3.26. The summed E-state index contributed by atoms with van der Waals surface area (Å²) in [6, 6.07) is 0.626. The van der Waals surface area contributed by atoms with E-state index in [1.54, 1.807) is 0 Å². The molecule has 1 aliphatic heterocycles. The number of hydrogen-bond donors (Lipinski definition) is 1. The van der Waals surface area contributed by atoms with Crippen LogP contribution in [0.1, 0.15) is 26.2 Å². The van der Waals surface area contributed by atoms with E-state index in [2.05, 4.69) is 12.2 Å². The van der Waals surface area contributed by atoms with E-state index >= 15 is 0 Å². The number of nitrogens with one attached hydrogen (secondary N) is 1.